The molecule has 5 rings (SSSR count). The van der Waals surface area contributed by atoms with Gasteiger partial charge in [-0.25, -0.2) is 0 Å². The fraction of sp³-hybridized carbons (Fsp3) is 0.733. The van der Waals surface area contributed by atoms with Crippen molar-refractivity contribution in [2.24, 2.45) is 45.3 Å². The van der Waals surface area contributed by atoms with Gasteiger partial charge in [-0.2, -0.15) is 0 Å². The molecule has 37 heavy (non-hydrogen) atoms. The van der Waals surface area contributed by atoms with Gasteiger partial charge in [-0.1, -0.05) is 40.2 Å². The lowest BCUT2D eigenvalue weighted by Crippen LogP contribution is -2.77. The number of carbonyl (C=O) groups excluding carboxylic acids is 3. The molecule has 0 aromatic carbocycles. The first-order valence-corrected chi connectivity index (χ1v) is 13.5. The first-order valence-electron chi connectivity index (χ1n) is 13.5. The molecule has 202 valence electrons. The molecule has 5 aliphatic rings. The molecule has 0 bridgehead atoms. The SMILES string of the molecule is CC(=CC(=O)CC(C)C(=O)O)C1CC(=O)C2(C)C3=C4C(O)(CC12C)C1CC(=O)C(C)(C)C(CC3O)C41C. The number of aliphatic hydroxyl groups is 2. The van der Waals surface area contributed by atoms with Crippen molar-refractivity contribution in [1.82, 2.24) is 0 Å². The predicted octanol–water partition coefficient (Wildman–Crippen LogP) is 3.66. The summed E-state index contributed by atoms with van der Waals surface area (Å²) in [6.07, 6.45) is 1.53. The molecule has 5 aliphatic carbocycles. The van der Waals surface area contributed by atoms with Gasteiger partial charge in [0.15, 0.2) is 5.78 Å². The van der Waals surface area contributed by atoms with Gasteiger partial charge < -0.3 is 15.3 Å². The summed E-state index contributed by atoms with van der Waals surface area (Å²) < 4.78 is 0. The number of aliphatic carboxylic acids is 1. The highest BCUT2D eigenvalue weighted by Gasteiger charge is 2.81. The van der Waals surface area contributed by atoms with E-state index in [1.165, 1.54) is 13.0 Å². The summed E-state index contributed by atoms with van der Waals surface area (Å²) in [6.45, 7) is 13.2. The topological polar surface area (TPSA) is 129 Å². The Morgan fingerprint density at radius 2 is 1.68 bits per heavy atom. The highest BCUT2D eigenvalue weighted by Crippen LogP contribution is 2.81. The van der Waals surface area contributed by atoms with Crippen molar-refractivity contribution in [2.75, 3.05) is 0 Å². The van der Waals surface area contributed by atoms with Crippen molar-refractivity contribution in [3.8, 4) is 0 Å². The fourth-order valence-corrected chi connectivity index (χ4v) is 9.85. The van der Waals surface area contributed by atoms with Crippen LogP contribution in [0, 0.1) is 45.3 Å². The van der Waals surface area contributed by atoms with Gasteiger partial charge >= 0.3 is 5.97 Å². The molecular weight excluding hydrogens is 472 g/mol. The summed E-state index contributed by atoms with van der Waals surface area (Å²) in [4.78, 5) is 51.1. The van der Waals surface area contributed by atoms with Gasteiger partial charge in [0.05, 0.1) is 23.0 Å². The predicted molar refractivity (Wildman–Crippen MR) is 135 cm³/mol. The first kappa shape index (κ1) is 26.5. The number of hydrogen-bond donors (Lipinski definition) is 3. The summed E-state index contributed by atoms with van der Waals surface area (Å²) >= 11 is 0. The molecule has 0 saturated heterocycles. The molecule has 0 amide bonds. The van der Waals surface area contributed by atoms with E-state index in [2.05, 4.69) is 6.92 Å². The van der Waals surface area contributed by atoms with E-state index < -0.39 is 45.3 Å². The van der Waals surface area contributed by atoms with Crippen molar-refractivity contribution in [1.29, 1.82) is 0 Å². The zero-order chi connectivity index (χ0) is 27.7. The number of rotatable bonds is 5. The molecule has 0 aliphatic heterocycles. The maximum atomic E-state index is 13.9. The van der Waals surface area contributed by atoms with Crippen LogP contribution in [0.5, 0.6) is 0 Å². The average molecular weight is 513 g/mol. The van der Waals surface area contributed by atoms with Crippen LogP contribution in [0.2, 0.25) is 0 Å². The molecular formula is C30H40O7. The van der Waals surface area contributed by atoms with Crippen LogP contribution in [0.15, 0.2) is 22.8 Å². The minimum atomic E-state index is -1.28. The molecule has 0 aromatic heterocycles. The van der Waals surface area contributed by atoms with Crippen LogP contribution < -0.4 is 0 Å². The third-order valence-electron chi connectivity index (χ3n) is 11.9. The summed E-state index contributed by atoms with van der Waals surface area (Å²) in [7, 11) is 0. The van der Waals surface area contributed by atoms with Crippen LogP contribution in [0.3, 0.4) is 0 Å². The minimum absolute atomic E-state index is 0.000603. The lowest BCUT2D eigenvalue weighted by atomic mass is 9.28. The molecule has 9 unspecified atom stereocenters. The Kier molecular flexibility index (Phi) is 5.37. The molecule has 0 radical (unpaired) electrons. The Balaban J connectivity index is 1.63. The van der Waals surface area contributed by atoms with Crippen molar-refractivity contribution >= 4 is 23.3 Å². The number of allylic oxidation sites excluding steroid dienone is 2. The molecule has 3 fully saturated rings. The third-order valence-corrected chi connectivity index (χ3v) is 11.9. The Bertz CT molecular complexity index is 1210. The second kappa shape index (κ2) is 7.50. The van der Waals surface area contributed by atoms with E-state index in [9.17, 15) is 34.5 Å². The van der Waals surface area contributed by atoms with E-state index >= 15 is 0 Å². The second-order valence-corrected chi connectivity index (χ2v) is 13.9. The Morgan fingerprint density at radius 3 is 2.27 bits per heavy atom. The standard InChI is InChI=1S/C30H40O7/c1-14(8-16(31)9-15(2)25(35)36)17-10-22(34)29(7)23-18(32)11-19-26(3,4)21(33)12-20-28(19,6)24(23)30(20,37)13-27(17,29)5/h8,15,17-20,32,37H,9-13H2,1-7H3,(H,35,36). The number of fused-ring (bicyclic) bond motifs is 3. The Hall–Kier alpha value is -2.12. The number of aliphatic hydroxyl groups excluding tert-OH is 1. The van der Waals surface area contributed by atoms with Crippen LogP contribution in [0.1, 0.15) is 80.6 Å². The zero-order valence-corrected chi connectivity index (χ0v) is 23.0. The smallest absolute Gasteiger partial charge is 0.306 e. The quantitative estimate of drug-likeness (QED) is 0.379. The highest BCUT2D eigenvalue weighted by atomic mass is 16.4. The van der Waals surface area contributed by atoms with Crippen LogP contribution >= 0.6 is 0 Å². The van der Waals surface area contributed by atoms with E-state index in [0.717, 1.165) is 5.57 Å². The van der Waals surface area contributed by atoms with E-state index in [0.29, 0.717) is 17.6 Å². The summed E-state index contributed by atoms with van der Waals surface area (Å²) in [5.74, 6) is -2.78. The normalized spacial score (nSPS) is 46.7. The minimum Gasteiger partial charge on any atom is -0.481 e. The molecule has 0 spiro atoms. The number of carbonyl (C=O) groups is 4. The Labute approximate surface area is 218 Å². The van der Waals surface area contributed by atoms with Crippen LogP contribution in [0.4, 0.5) is 0 Å². The third kappa shape index (κ3) is 2.90. The van der Waals surface area contributed by atoms with E-state index in [4.69, 9.17) is 0 Å². The van der Waals surface area contributed by atoms with Gasteiger partial charge in [0.1, 0.15) is 11.6 Å². The van der Waals surface area contributed by atoms with E-state index in [-0.39, 0.29) is 60.8 Å². The second-order valence-electron chi connectivity index (χ2n) is 13.9. The fourth-order valence-electron chi connectivity index (χ4n) is 9.85. The number of Topliss-reactive ketones (excluding diaryl/α,β-unsaturated/α-hetero) is 2. The van der Waals surface area contributed by atoms with Crippen molar-refractivity contribution in [2.45, 2.75) is 92.3 Å². The maximum Gasteiger partial charge on any atom is 0.306 e. The molecule has 3 saturated carbocycles. The van der Waals surface area contributed by atoms with Crippen molar-refractivity contribution < 1.29 is 34.5 Å². The number of carboxylic acid groups (broad SMARTS) is 1. The first-order chi connectivity index (χ1) is 16.9. The lowest BCUT2D eigenvalue weighted by molar-refractivity contribution is -0.232. The Morgan fingerprint density at radius 1 is 1.05 bits per heavy atom. The molecule has 0 aromatic rings. The maximum absolute atomic E-state index is 13.9. The van der Waals surface area contributed by atoms with Crippen molar-refractivity contribution in [3.05, 3.63) is 22.8 Å². The zero-order valence-electron chi connectivity index (χ0n) is 23.0. The van der Waals surface area contributed by atoms with Gasteiger partial charge in [-0.3, -0.25) is 19.2 Å². The van der Waals surface area contributed by atoms with E-state index in [1.54, 1.807) is 6.92 Å². The molecule has 0 heterocycles. The molecule has 3 N–H and O–H groups in total. The van der Waals surface area contributed by atoms with Crippen LogP contribution in [0.25, 0.3) is 0 Å². The average Bonchev–Trinajstić information content (AvgIpc) is 2.98. The number of carboxylic acids is 1. The molecule has 7 heteroatoms. The number of hydrogen-bond acceptors (Lipinski definition) is 6. The van der Waals surface area contributed by atoms with Gasteiger partial charge in [0, 0.05) is 36.0 Å². The largest absolute Gasteiger partial charge is 0.481 e. The van der Waals surface area contributed by atoms with Gasteiger partial charge in [-0.15, -0.1) is 0 Å². The van der Waals surface area contributed by atoms with Crippen LogP contribution in [-0.4, -0.2) is 50.3 Å². The van der Waals surface area contributed by atoms with Gasteiger partial charge in [0.25, 0.3) is 0 Å². The highest BCUT2D eigenvalue weighted by molar-refractivity contribution is 5.96. The monoisotopic (exact) mass is 512 g/mol. The van der Waals surface area contributed by atoms with Gasteiger partial charge in [0.2, 0.25) is 0 Å². The van der Waals surface area contributed by atoms with Crippen LogP contribution in [-0.2, 0) is 19.2 Å². The van der Waals surface area contributed by atoms with E-state index in [1.807, 2.05) is 27.7 Å². The number of ketones is 3. The summed E-state index contributed by atoms with van der Waals surface area (Å²) in [5, 5.41) is 33.1. The van der Waals surface area contributed by atoms with Gasteiger partial charge in [-0.05, 0) is 61.2 Å². The lowest BCUT2D eigenvalue weighted by Gasteiger charge is -2.76. The summed E-state index contributed by atoms with van der Waals surface area (Å²) in [6, 6.07) is 0. The van der Waals surface area contributed by atoms with Crippen molar-refractivity contribution in [3.63, 3.8) is 0 Å². The summed E-state index contributed by atoms with van der Waals surface area (Å²) in [5.41, 5.74) is -2.00. The molecule has 7 nitrogen and oxygen atoms in total. The molecule has 9 atom stereocenters.